The van der Waals surface area contributed by atoms with Gasteiger partial charge in [0.25, 0.3) is 0 Å². The van der Waals surface area contributed by atoms with Crippen LogP contribution in [0.25, 0.3) is 0 Å². The molecule has 0 heterocycles. The van der Waals surface area contributed by atoms with Gasteiger partial charge in [-0.1, -0.05) is 26.7 Å². The van der Waals surface area contributed by atoms with Gasteiger partial charge in [0, 0.05) is 13.6 Å². The summed E-state index contributed by atoms with van der Waals surface area (Å²) >= 11 is 0. The summed E-state index contributed by atoms with van der Waals surface area (Å²) in [6, 6.07) is -1.11. The zero-order chi connectivity index (χ0) is 13.7. The molecule has 1 saturated carbocycles. The van der Waals surface area contributed by atoms with Gasteiger partial charge in [-0.05, 0) is 24.7 Å². The number of carbonyl (C=O) groups is 2. The van der Waals surface area contributed by atoms with E-state index >= 15 is 0 Å². The van der Waals surface area contributed by atoms with Crippen LogP contribution in [0, 0.1) is 11.8 Å². The van der Waals surface area contributed by atoms with Gasteiger partial charge >= 0.3 is 12.0 Å². The van der Waals surface area contributed by atoms with Gasteiger partial charge in [-0.2, -0.15) is 0 Å². The van der Waals surface area contributed by atoms with Crippen molar-refractivity contribution in [1.82, 2.24) is 10.2 Å². The van der Waals surface area contributed by atoms with Crippen molar-refractivity contribution in [1.29, 1.82) is 0 Å². The maximum absolute atomic E-state index is 11.9. The lowest BCUT2D eigenvalue weighted by atomic mass is 10.1. The van der Waals surface area contributed by atoms with E-state index in [4.69, 9.17) is 5.11 Å². The molecule has 1 atom stereocenters. The first-order valence-corrected chi connectivity index (χ1v) is 6.66. The van der Waals surface area contributed by atoms with Crippen LogP contribution in [0.15, 0.2) is 0 Å². The fourth-order valence-corrected chi connectivity index (χ4v) is 2.42. The molecule has 0 aliphatic heterocycles. The van der Waals surface area contributed by atoms with Crippen LogP contribution in [0.5, 0.6) is 0 Å². The highest BCUT2D eigenvalue weighted by molar-refractivity contribution is 5.82. The van der Waals surface area contributed by atoms with Gasteiger partial charge in [0.15, 0.2) is 0 Å². The first kappa shape index (κ1) is 14.8. The van der Waals surface area contributed by atoms with Crippen molar-refractivity contribution in [3.05, 3.63) is 0 Å². The molecule has 1 fully saturated rings. The van der Waals surface area contributed by atoms with Gasteiger partial charge in [0.05, 0.1) is 0 Å². The predicted octanol–water partition coefficient (Wildman–Crippen LogP) is 1.93. The molecule has 1 aliphatic rings. The zero-order valence-electron chi connectivity index (χ0n) is 11.5. The van der Waals surface area contributed by atoms with Crippen LogP contribution in [0.4, 0.5) is 4.79 Å². The highest BCUT2D eigenvalue weighted by Crippen LogP contribution is 2.25. The number of amides is 2. The van der Waals surface area contributed by atoms with Gasteiger partial charge in [-0.3, -0.25) is 0 Å². The summed E-state index contributed by atoms with van der Waals surface area (Å²) in [4.78, 5) is 24.5. The standard InChI is InChI=1S/C13H24N2O3/c1-9(2)11(12(16)17)14-13(18)15(3)8-10-6-4-5-7-10/h9-11H,4-8H2,1-3H3,(H,14,18)(H,16,17). The second-order valence-corrected chi connectivity index (χ2v) is 5.54. The molecule has 0 aromatic heterocycles. The summed E-state index contributed by atoms with van der Waals surface area (Å²) < 4.78 is 0. The van der Waals surface area contributed by atoms with Crippen molar-refractivity contribution >= 4 is 12.0 Å². The SMILES string of the molecule is CC(C)C(NC(=O)N(C)CC1CCCC1)C(=O)O. The maximum Gasteiger partial charge on any atom is 0.326 e. The predicted molar refractivity (Wildman–Crippen MR) is 69.4 cm³/mol. The number of urea groups is 1. The molecule has 18 heavy (non-hydrogen) atoms. The molecule has 1 aliphatic carbocycles. The quantitative estimate of drug-likeness (QED) is 0.789. The van der Waals surface area contributed by atoms with Crippen LogP contribution < -0.4 is 5.32 Å². The van der Waals surface area contributed by atoms with Crippen molar-refractivity contribution in [2.75, 3.05) is 13.6 Å². The highest BCUT2D eigenvalue weighted by Gasteiger charge is 2.26. The van der Waals surface area contributed by atoms with E-state index < -0.39 is 12.0 Å². The molecular weight excluding hydrogens is 232 g/mol. The lowest BCUT2D eigenvalue weighted by molar-refractivity contribution is -0.140. The number of nitrogens with zero attached hydrogens (tertiary/aromatic N) is 1. The summed E-state index contributed by atoms with van der Waals surface area (Å²) in [5.41, 5.74) is 0. The van der Waals surface area contributed by atoms with E-state index in [0.29, 0.717) is 5.92 Å². The second-order valence-electron chi connectivity index (χ2n) is 5.54. The molecule has 0 aromatic carbocycles. The third-order valence-corrected chi connectivity index (χ3v) is 3.57. The van der Waals surface area contributed by atoms with Crippen LogP contribution in [-0.4, -0.2) is 41.6 Å². The van der Waals surface area contributed by atoms with Crippen LogP contribution in [0.1, 0.15) is 39.5 Å². The minimum atomic E-state index is -0.979. The van der Waals surface area contributed by atoms with Crippen molar-refractivity contribution < 1.29 is 14.7 Å². The van der Waals surface area contributed by atoms with Crippen molar-refractivity contribution in [3.63, 3.8) is 0 Å². The Morgan fingerprint density at radius 2 is 1.89 bits per heavy atom. The molecule has 0 aromatic rings. The maximum atomic E-state index is 11.9. The zero-order valence-corrected chi connectivity index (χ0v) is 11.5. The van der Waals surface area contributed by atoms with Crippen LogP contribution in [0.3, 0.4) is 0 Å². The molecule has 5 nitrogen and oxygen atoms in total. The summed E-state index contributed by atoms with van der Waals surface area (Å²) in [6.07, 6.45) is 4.82. The topological polar surface area (TPSA) is 69.6 Å². The minimum Gasteiger partial charge on any atom is -0.480 e. The summed E-state index contributed by atoms with van der Waals surface area (Å²) in [5, 5.41) is 11.6. The molecule has 2 N–H and O–H groups in total. The first-order valence-electron chi connectivity index (χ1n) is 6.66. The van der Waals surface area contributed by atoms with Crippen molar-refractivity contribution in [2.45, 2.75) is 45.6 Å². The van der Waals surface area contributed by atoms with E-state index in [1.807, 2.05) is 0 Å². The summed E-state index contributed by atoms with van der Waals surface area (Å²) in [6.45, 7) is 4.29. The van der Waals surface area contributed by atoms with E-state index in [9.17, 15) is 9.59 Å². The van der Waals surface area contributed by atoms with Gasteiger partial charge in [-0.25, -0.2) is 9.59 Å². The smallest absolute Gasteiger partial charge is 0.326 e. The van der Waals surface area contributed by atoms with Crippen molar-refractivity contribution in [2.24, 2.45) is 11.8 Å². The van der Waals surface area contributed by atoms with E-state index in [1.54, 1.807) is 25.8 Å². The summed E-state index contributed by atoms with van der Waals surface area (Å²) in [7, 11) is 1.73. The number of hydrogen-bond donors (Lipinski definition) is 2. The van der Waals surface area contributed by atoms with Crippen molar-refractivity contribution in [3.8, 4) is 0 Å². The van der Waals surface area contributed by atoms with Gasteiger partial charge < -0.3 is 15.3 Å². The molecule has 1 rings (SSSR count). The normalized spacial score (nSPS) is 17.8. The fourth-order valence-electron chi connectivity index (χ4n) is 2.42. The lowest BCUT2D eigenvalue weighted by Gasteiger charge is -2.25. The molecule has 1 unspecified atom stereocenters. The number of aliphatic carboxylic acids is 1. The first-order chi connectivity index (χ1) is 8.41. The average Bonchev–Trinajstić information content (AvgIpc) is 2.77. The number of nitrogens with one attached hydrogen (secondary N) is 1. The number of carboxylic acids is 1. The highest BCUT2D eigenvalue weighted by atomic mass is 16.4. The number of carbonyl (C=O) groups excluding carboxylic acids is 1. The number of hydrogen-bond acceptors (Lipinski definition) is 2. The molecule has 104 valence electrons. The Morgan fingerprint density at radius 1 is 1.33 bits per heavy atom. The van der Waals surface area contributed by atoms with E-state index in [0.717, 1.165) is 6.54 Å². The van der Waals surface area contributed by atoms with E-state index in [1.165, 1.54) is 25.7 Å². The Kier molecular flexibility index (Phi) is 5.44. The Morgan fingerprint density at radius 3 is 2.33 bits per heavy atom. The van der Waals surface area contributed by atoms with E-state index in [-0.39, 0.29) is 11.9 Å². The molecule has 0 radical (unpaired) electrons. The Labute approximate surface area is 109 Å². The molecule has 0 spiro atoms. The fraction of sp³-hybridized carbons (Fsp3) is 0.846. The Balaban J connectivity index is 2.44. The van der Waals surface area contributed by atoms with Crippen LogP contribution in [-0.2, 0) is 4.79 Å². The lowest BCUT2D eigenvalue weighted by Crippen LogP contribution is -2.49. The third kappa shape index (κ3) is 4.20. The Hall–Kier alpha value is -1.26. The van der Waals surface area contributed by atoms with E-state index in [2.05, 4.69) is 5.32 Å². The van der Waals surface area contributed by atoms with Gasteiger partial charge in [0.1, 0.15) is 6.04 Å². The number of rotatable bonds is 5. The molecular formula is C13H24N2O3. The molecule has 0 saturated heterocycles. The minimum absolute atomic E-state index is 0.119. The summed E-state index contributed by atoms with van der Waals surface area (Å²) in [5.74, 6) is -0.526. The average molecular weight is 256 g/mol. The molecule has 5 heteroatoms. The molecule has 2 amide bonds. The van der Waals surface area contributed by atoms with Gasteiger partial charge in [-0.15, -0.1) is 0 Å². The monoisotopic (exact) mass is 256 g/mol. The second kappa shape index (κ2) is 6.61. The largest absolute Gasteiger partial charge is 0.480 e. The number of carboxylic acid groups (broad SMARTS) is 1. The Bertz CT molecular complexity index is 299. The van der Waals surface area contributed by atoms with Crippen LogP contribution in [0.2, 0.25) is 0 Å². The van der Waals surface area contributed by atoms with Crippen LogP contribution >= 0.6 is 0 Å². The molecule has 0 bridgehead atoms. The van der Waals surface area contributed by atoms with Gasteiger partial charge in [0.2, 0.25) is 0 Å². The third-order valence-electron chi connectivity index (χ3n) is 3.57.